The molecule has 0 aliphatic carbocycles. The highest BCUT2D eigenvalue weighted by Crippen LogP contribution is 2.31. The summed E-state index contributed by atoms with van der Waals surface area (Å²) in [6.07, 6.45) is 2.66. The number of hydrogen-bond donors (Lipinski definition) is 1. The van der Waals surface area contributed by atoms with E-state index in [9.17, 15) is 9.90 Å². The summed E-state index contributed by atoms with van der Waals surface area (Å²) in [6, 6.07) is 27.3. The number of likely N-dealkylation sites (tertiary alicyclic amines) is 1. The van der Waals surface area contributed by atoms with Gasteiger partial charge in [0.2, 0.25) is 5.88 Å². The van der Waals surface area contributed by atoms with E-state index in [4.69, 9.17) is 4.74 Å². The quantitative estimate of drug-likeness (QED) is 0.380. The van der Waals surface area contributed by atoms with Gasteiger partial charge in [-0.25, -0.2) is 4.98 Å². The van der Waals surface area contributed by atoms with Gasteiger partial charge in [0.05, 0.1) is 17.1 Å². The number of nitrogens with zero attached hydrogens (tertiary/aromatic N) is 3. The van der Waals surface area contributed by atoms with Crippen molar-refractivity contribution in [2.24, 2.45) is 5.92 Å². The zero-order valence-corrected chi connectivity index (χ0v) is 20.2. The van der Waals surface area contributed by atoms with E-state index in [1.807, 2.05) is 84.9 Å². The second-order valence-corrected chi connectivity index (χ2v) is 9.38. The van der Waals surface area contributed by atoms with Crippen LogP contribution in [-0.2, 0) is 4.79 Å². The number of ketones is 1. The number of aliphatic hydroxyl groups is 1. The van der Waals surface area contributed by atoms with E-state index in [2.05, 4.69) is 14.9 Å². The SMILES string of the molecule is O=C(C1CCN(CC(O)COc2ccc3ccccc3n2)CC1)C(c1ccccc1)c1ccccn1. The molecule has 2 unspecified atom stereocenters. The van der Waals surface area contributed by atoms with Crippen molar-refractivity contribution in [1.29, 1.82) is 0 Å². The number of pyridine rings is 2. The zero-order valence-electron chi connectivity index (χ0n) is 20.2. The van der Waals surface area contributed by atoms with Crippen LogP contribution in [0.1, 0.15) is 30.0 Å². The van der Waals surface area contributed by atoms with E-state index < -0.39 is 6.10 Å². The molecule has 4 aromatic rings. The molecule has 3 heterocycles. The third-order valence-electron chi connectivity index (χ3n) is 6.86. The van der Waals surface area contributed by atoms with Crippen molar-refractivity contribution in [3.05, 3.63) is 102 Å². The van der Waals surface area contributed by atoms with Gasteiger partial charge < -0.3 is 14.7 Å². The van der Waals surface area contributed by atoms with Gasteiger partial charge in [-0.15, -0.1) is 0 Å². The molecule has 0 bridgehead atoms. The fourth-order valence-corrected chi connectivity index (χ4v) is 4.97. The highest BCUT2D eigenvalue weighted by Gasteiger charge is 2.33. The maximum Gasteiger partial charge on any atom is 0.213 e. The highest BCUT2D eigenvalue weighted by molar-refractivity contribution is 5.90. The fourth-order valence-electron chi connectivity index (χ4n) is 4.97. The molecule has 2 aromatic heterocycles. The number of Topliss-reactive ketones (excluding diaryl/α,β-unsaturated/α-hetero) is 1. The summed E-state index contributed by atoms with van der Waals surface area (Å²) in [5.74, 6) is 0.366. The predicted octanol–water partition coefficient (Wildman–Crippen LogP) is 4.48. The minimum absolute atomic E-state index is 0.0244. The summed E-state index contributed by atoms with van der Waals surface area (Å²) in [5.41, 5.74) is 2.65. The standard InChI is InChI=1S/C30H31N3O3/c34-25(21-36-28-14-13-22-8-4-5-11-26(22)32-28)20-33-18-15-24(16-19-33)30(35)29(23-9-2-1-3-10-23)27-12-6-7-17-31-27/h1-14,17,24-25,29,34H,15-16,18-21H2. The number of aromatic nitrogens is 2. The number of β-amino-alcohol motifs (C(OH)–C–C–N with tert-alkyl or cyclic N) is 1. The van der Waals surface area contributed by atoms with Crippen molar-refractivity contribution < 1.29 is 14.6 Å². The normalized spacial score (nSPS) is 16.5. The van der Waals surface area contributed by atoms with Crippen LogP contribution in [0.5, 0.6) is 5.88 Å². The molecule has 2 atom stereocenters. The average molecular weight is 482 g/mol. The smallest absolute Gasteiger partial charge is 0.213 e. The summed E-state index contributed by atoms with van der Waals surface area (Å²) in [6.45, 7) is 2.23. The molecule has 36 heavy (non-hydrogen) atoms. The Morgan fingerprint density at radius 1 is 0.944 bits per heavy atom. The van der Waals surface area contributed by atoms with Crippen molar-refractivity contribution >= 4 is 16.7 Å². The Morgan fingerprint density at radius 2 is 1.69 bits per heavy atom. The molecule has 1 aliphatic heterocycles. The minimum Gasteiger partial charge on any atom is -0.475 e. The van der Waals surface area contributed by atoms with Crippen LogP contribution in [0.25, 0.3) is 10.9 Å². The molecule has 0 spiro atoms. The van der Waals surface area contributed by atoms with Crippen molar-refractivity contribution in [1.82, 2.24) is 14.9 Å². The first-order valence-electron chi connectivity index (χ1n) is 12.6. The minimum atomic E-state index is -0.629. The molecule has 1 fully saturated rings. The molecule has 5 rings (SSSR count). The van der Waals surface area contributed by atoms with E-state index in [1.165, 1.54) is 0 Å². The molecule has 6 heteroatoms. The molecule has 6 nitrogen and oxygen atoms in total. The maximum absolute atomic E-state index is 13.6. The van der Waals surface area contributed by atoms with Crippen LogP contribution in [0, 0.1) is 5.92 Å². The summed E-state index contributed by atoms with van der Waals surface area (Å²) in [7, 11) is 0. The number of carbonyl (C=O) groups excluding carboxylic acids is 1. The van der Waals surface area contributed by atoms with Gasteiger partial charge in [-0.1, -0.05) is 54.6 Å². The van der Waals surface area contributed by atoms with E-state index in [0.29, 0.717) is 12.4 Å². The first kappa shape index (κ1) is 24.1. The lowest BCUT2D eigenvalue weighted by atomic mass is 9.80. The number of hydrogen-bond acceptors (Lipinski definition) is 6. The third kappa shape index (κ3) is 5.78. The largest absolute Gasteiger partial charge is 0.475 e. The van der Waals surface area contributed by atoms with Crippen molar-refractivity contribution in [2.75, 3.05) is 26.2 Å². The van der Waals surface area contributed by atoms with Crippen LogP contribution < -0.4 is 4.74 Å². The van der Waals surface area contributed by atoms with E-state index in [-0.39, 0.29) is 24.2 Å². The van der Waals surface area contributed by atoms with Crippen LogP contribution >= 0.6 is 0 Å². The molecule has 1 aliphatic rings. The Balaban J connectivity index is 1.15. The second kappa shape index (κ2) is 11.4. The van der Waals surface area contributed by atoms with Gasteiger partial charge in [-0.2, -0.15) is 0 Å². The molecule has 2 aromatic carbocycles. The molecule has 0 radical (unpaired) electrons. The number of ether oxygens (including phenoxy) is 1. The first-order valence-corrected chi connectivity index (χ1v) is 12.6. The molecule has 1 N–H and O–H groups in total. The van der Waals surface area contributed by atoms with Crippen molar-refractivity contribution in [3.8, 4) is 5.88 Å². The Labute approximate surface area is 211 Å². The summed E-state index contributed by atoms with van der Waals surface area (Å²) in [5, 5.41) is 11.6. The van der Waals surface area contributed by atoms with Gasteiger partial charge in [0.15, 0.2) is 0 Å². The third-order valence-corrected chi connectivity index (χ3v) is 6.86. The maximum atomic E-state index is 13.6. The number of piperidine rings is 1. The summed E-state index contributed by atoms with van der Waals surface area (Å²) in [4.78, 5) is 24.9. The van der Waals surface area contributed by atoms with Gasteiger partial charge in [-0.05, 0) is 55.8 Å². The zero-order chi connectivity index (χ0) is 24.7. The molecule has 184 valence electrons. The monoisotopic (exact) mass is 481 g/mol. The molecule has 0 amide bonds. The number of carbonyl (C=O) groups is 1. The Kier molecular flexibility index (Phi) is 7.64. The van der Waals surface area contributed by atoms with Crippen LogP contribution in [0.3, 0.4) is 0 Å². The average Bonchev–Trinajstić information content (AvgIpc) is 2.93. The van der Waals surface area contributed by atoms with E-state index in [1.54, 1.807) is 6.20 Å². The second-order valence-electron chi connectivity index (χ2n) is 9.38. The molecule has 0 saturated carbocycles. The Hall–Kier alpha value is -3.61. The van der Waals surface area contributed by atoms with Gasteiger partial charge in [0.1, 0.15) is 18.5 Å². The van der Waals surface area contributed by atoms with E-state index >= 15 is 0 Å². The number of para-hydroxylation sites is 1. The number of aliphatic hydroxyl groups excluding tert-OH is 1. The van der Waals surface area contributed by atoms with E-state index in [0.717, 1.165) is 48.1 Å². The van der Waals surface area contributed by atoms with Crippen LogP contribution in [0.2, 0.25) is 0 Å². The van der Waals surface area contributed by atoms with Crippen LogP contribution in [0.4, 0.5) is 0 Å². The van der Waals surface area contributed by atoms with Gasteiger partial charge in [0.25, 0.3) is 0 Å². The first-order chi connectivity index (χ1) is 17.7. The highest BCUT2D eigenvalue weighted by atomic mass is 16.5. The molecular formula is C30H31N3O3. The van der Waals surface area contributed by atoms with Crippen molar-refractivity contribution in [3.63, 3.8) is 0 Å². The topological polar surface area (TPSA) is 75.6 Å². The number of rotatable bonds is 9. The summed E-state index contributed by atoms with van der Waals surface area (Å²) < 4.78 is 5.76. The van der Waals surface area contributed by atoms with Gasteiger partial charge >= 0.3 is 0 Å². The molecular weight excluding hydrogens is 450 g/mol. The number of fused-ring (bicyclic) bond motifs is 1. The molecule has 1 saturated heterocycles. The fraction of sp³-hybridized carbons (Fsp3) is 0.300. The van der Waals surface area contributed by atoms with Crippen LogP contribution in [-0.4, -0.2) is 58.1 Å². The Bertz CT molecular complexity index is 1230. The number of benzene rings is 2. The van der Waals surface area contributed by atoms with Crippen LogP contribution in [0.15, 0.2) is 91.1 Å². The predicted molar refractivity (Wildman–Crippen MR) is 140 cm³/mol. The van der Waals surface area contributed by atoms with Crippen molar-refractivity contribution in [2.45, 2.75) is 24.9 Å². The lowest BCUT2D eigenvalue weighted by molar-refractivity contribution is -0.125. The Morgan fingerprint density at radius 3 is 2.47 bits per heavy atom. The van der Waals surface area contributed by atoms with Gasteiger partial charge in [0, 0.05) is 30.1 Å². The lowest BCUT2D eigenvalue weighted by Gasteiger charge is -2.33. The summed E-state index contributed by atoms with van der Waals surface area (Å²) >= 11 is 0. The van der Waals surface area contributed by atoms with Gasteiger partial charge in [-0.3, -0.25) is 9.78 Å². The lowest BCUT2D eigenvalue weighted by Crippen LogP contribution is -2.42.